The van der Waals surface area contributed by atoms with Gasteiger partial charge in [0.25, 0.3) is 5.91 Å². The fourth-order valence-electron chi connectivity index (χ4n) is 5.29. The number of hydrogen-bond donors (Lipinski definition) is 0. The number of benzene rings is 4. The topological polar surface area (TPSA) is 59.8 Å². The summed E-state index contributed by atoms with van der Waals surface area (Å²) < 4.78 is 12.1. The smallest absolute Gasteiger partial charge is 0.291 e. The highest BCUT2D eigenvalue weighted by molar-refractivity contribution is 5.99. The number of carbonyl (C=O) groups is 1. The number of rotatable bonds is 6. The second kappa shape index (κ2) is 9.67. The zero-order valence-corrected chi connectivity index (χ0v) is 21.3. The van der Waals surface area contributed by atoms with E-state index >= 15 is 0 Å². The lowest BCUT2D eigenvalue weighted by Gasteiger charge is -2.25. The van der Waals surface area contributed by atoms with Crippen LogP contribution in [-0.2, 0) is 13.2 Å². The summed E-state index contributed by atoms with van der Waals surface area (Å²) in [6.45, 7) is 4.67. The van der Waals surface area contributed by atoms with Gasteiger partial charge in [-0.05, 0) is 59.9 Å². The Morgan fingerprint density at radius 1 is 0.816 bits per heavy atom. The number of carbonyl (C=O) groups excluding carboxylic acids is 1. The Labute approximate surface area is 220 Å². The Balaban J connectivity index is 1.42. The van der Waals surface area contributed by atoms with Crippen molar-refractivity contribution in [1.82, 2.24) is 4.90 Å². The molecule has 188 valence electrons. The Kier molecular flexibility index (Phi) is 6.04. The Morgan fingerprint density at radius 2 is 1.47 bits per heavy atom. The normalized spacial score (nSPS) is 14.6. The summed E-state index contributed by atoms with van der Waals surface area (Å²) in [6, 6.07) is 30.6. The van der Waals surface area contributed by atoms with Gasteiger partial charge in [0.2, 0.25) is 5.76 Å². The van der Waals surface area contributed by atoms with Gasteiger partial charge >= 0.3 is 0 Å². The molecule has 0 aliphatic carbocycles. The van der Waals surface area contributed by atoms with Crippen LogP contribution in [0.15, 0.2) is 106 Å². The second-order valence-electron chi connectivity index (χ2n) is 9.79. The van der Waals surface area contributed by atoms with Crippen LogP contribution >= 0.6 is 0 Å². The molecule has 0 radical (unpaired) electrons. The third kappa shape index (κ3) is 4.26. The molecule has 5 nitrogen and oxygen atoms in total. The van der Waals surface area contributed by atoms with Gasteiger partial charge in [-0.15, -0.1) is 0 Å². The third-order valence-corrected chi connectivity index (χ3v) is 7.05. The molecule has 1 aromatic heterocycles. The summed E-state index contributed by atoms with van der Waals surface area (Å²) in [6.07, 6.45) is 0. The van der Waals surface area contributed by atoms with E-state index in [9.17, 15) is 9.59 Å². The van der Waals surface area contributed by atoms with E-state index in [2.05, 4.69) is 0 Å². The molecule has 1 unspecified atom stereocenters. The van der Waals surface area contributed by atoms with E-state index in [1.54, 1.807) is 4.90 Å². The predicted octanol–water partition coefficient (Wildman–Crippen LogP) is 6.73. The molecule has 0 saturated carbocycles. The molecule has 5 heteroatoms. The van der Waals surface area contributed by atoms with Gasteiger partial charge < -0.3 is 14.1 Å². The first-order chi connectivity index (χ1) is 18.5. The minimum Gasteiger partial charge on any atom is -0.489 e. The standard InChI is InChI=1S/C33H27NO4/c1-21-17-22(2)28-27(18-21)38-32-29(31(28)35)30(34(33(32)36)19-23-9-5-3-6-10-23)25-13-15-26(16-14-25)37-20-24-11-7-4-8-12-24/h3-18,30H,19-20H2,1-2H3. The van der Waals surface area contributed by atoms with Crippen LogP contribution in [0.3, 0.4) is 0 Å². The second-order valence-corrected chi connectivity index (χ2v) is 9.79. The fourth-order valence-corrected chi connectivity index (χ4v) is 5.29. The maximum absolute atomic E-state index is 13.9. The Bertz CT molecular complexity index is 1690. The van der Waals surface area contributed by atoms with Crippen molar-refractivity contribution >= 4 is 16.9 Å². The van der Waals surface area contributed by atoms with Crippen LogP contribution in [-0.4, -0.2) is 10.8 Å². The van der Waals surface area contributed by atoms with E-state index in [4.69, 9.17) is 9.15 Å². The van der Waals surface area contributed by atoms with Crippen LogP contribution in [0.2, 0.25) is 0 Å². The average Bonchev–Trinajstić information content (AvgIpc) is 3.20. The van der Waals surface area contributed by atoms with Gasteiger partial charge in [0.15, 0.2) is 5.43 Å². The molecule has 0 saturated heterocycles. The zero-order chi connectivity index (χ0) is 26.2. The van der Waals surface area contributed by atoms with Crippen LogP contribution in [0.25, 0.3) is 11.0 Å². The molecule has 2 heterocycles. The largest absolute Gasteiger partial charge is 0.489 e. The quantitative estimate of drug-likeness (QED) is 0.259. The molecule has 0 spiro atoms. The van der Waals surface area contributed by atoms with Crippen molar-refractivity contribution in [3.8, 4) is 5.75 Å². The fraction of sp³-hybridized carbons (Fsp3) is 0.152. The minimum atomic E-state index is -0.567. The highest BCUT2D eigenvalue weighted by Crippen LogP contribution is 2.40. The van der Waals surface area contributed by atoms with E-state index in [0.29, 0.717) is 35.4 Å². The molecule has 1 atom stereocenters. The van der Waals surface area contributed by atoms with E-state index < -0.39 is 6.04 Å². The lowest BCUT2D eigenvalue weighted by Crippen LogP contribution is -2.29. The van der Waals surface area contributed by atoms with Crippen molar-refractivity contribution in [3.05, 3.63) is 146 Å². The molecule has 1 aliphatic rings. The van der Waals surface area contributed by atoms with Crippen molar-refractivity contribution in [3.63, 3.8) is 0 Å². The van der Waals surface area contributed by atoms with Crippen molar-refractivity contribution in [2.45, 2.75) is 33.0 Å². The molecule has 0 fully saturated rings. The lowest BCUT2D eigenvalue weighted by molar-refractivity contribution is 0.0714. The van der Waals surface area contributed by atoms with Gasteiger partial charge in [0.05, 0.1) is 17.0 Å². The highest BCUT2D eigenvalue weighted by atomic mass is 16.5. The molecule has 1 aliphatic heterocycles. The van der Waals surface area contributed by atoms with Crippen LogP contribution in [0.5, 0.6) is 5.75 Å². The number of hydrogen-bond acceptors (Lipinski definition) is 4. The Morgan fingerprint density at radius 3 is 2.16 bits per heavy atom. The van der Waals surface area contributed by atoms with Crippen molar-refractivity contribution in [2.24, 2.45) is 0 Å². The van der Waals surface area contributed by atoms with Crippen LogP contribution < -0.4 is 10.2 Å². The molecule has 0 N–H and O–H groups in total. The molecule has 5 aromatic rings. The van der Waals surface area contributed by atoms with Crippen LogP contribution in [0, 0.1) is 13.8 Å². The van der Waals surface area contributed by atoms with Gasteiger partial charge in [-0.3, -0.25) is 9.59 Å². The lowest BCUT2D eigenvalue weighted by atomic mass is 9.96. The summed E-state index contributed by atoms with van der Waals surface area (Å²) in [5.41, 5.74) is 5.39. The van der Waals surface area contributed by atoms with Gasteiger partial charge in [-0.25, -0.2) is 0 Å². The van der Waals surface area contributed by atoms with Crippen molar-refractivity contribution in [2.75, 3.05) is 0 Å². The highest BCUT2D eigenvalue weighted by Gasteiger charge is 2.42. The van der Waals surface area contributed by atoms with Gasteiger partial charge in [0, 0.05) is 6.54 Å². The molecule has 1 amide bonds. The van der Waals surface area contributed by atoms with Crippen molar-refractivity contribution < 1.29 is 13.9 Å². The summed E-state index contributed by atoms with van der Waals surface area (Å²) in [4.78, 5) is 29.4. The maximum Gasteiger partial charge on any atom is 0.291 e. The first-order valence-corrected chi connectivity index (χ1v) is 12.7. The molecular formula is C33H27NO4. The number of aryl methyl sites for hydroxylation is 2. The van der Waals surface area contributed by atoms with Crippen molar-refractivity contribution in [1.29, 1.82) is 0 Å². The minimum absolute atomic E-state index is 0.123. The number of fused-ring (bicyclic) bond motifs is 2. The third-order valence-electron chi connectivity index (χ3n) is 7.05. The Hall–Kier alpha value is -4.64. The number of amides is 1. The molecule has 0 bridgehead atoms. The first-order valence-electron chi connectivity index (χ1n) is 12.7. The van der Waals surface area contributed by atoms with E-state index in [0.717, 1.165) is 27.8 Å². The summed E-state index contributed by atoms with van der Waals surface area (Å²) >= 11 is 0. The average molecular weight is 502 g/mol. The van der Waals surface area contributed by atoms with Crippen LogP contribution in [0.4, 0.5) is 0 Å². The zero-order valence-electron chi connectivity index (χ0n) is 21.3. The van der Waals surface area contributed by atoms with Gasteiger partial charge in [-0.1, -0.05) is 78.9 Å². The number of nitrogens with zero attached hydrogens (tertiary/aromatic N) is 1. The van der Waals surface area contributed by atoms with E-state index in [1.807, 2.05) is 111 Å². The van der Waals surface area contributed by atoms with Gasteiger partial charge in [-0.2, -0.15) is 0 Å². The van der Waals surface area contributed by atoms with E-state index in [1.165, 1.54) is 0 Å². The summed E-state index contributed by atoms with van der Waals surface area (Å²) in [5, 5.41) is 0.525. The maximum atomic E-state index is 13.9. The summed E-state index contributed by atoms with van der Waals surface area (Å²) in [5.74, 6) is 0.558. The first kappa shape index (κ1) is 23.7. The summed E-state index contributed by atoms with van der Waals surface area (Å²) in [7, 11) is 0. The van der Waals surface area contributed by atoms with Gasteiger partial charge in [0.1, 0.15) is 17.9 Å². The van der Waals surface area contributed by atoms with Crippen LogP contribution in [0.1, 0.15) is 50.0 Å². The van der Waals surface area contributed by atoms with E-state index in [-0.39, 0.29) is 17.1 Å². The number of ether oxygens (including phenoxy) is 1. The molecule has 6 rings (SSSR count). The predicted molar refractivity (Wildman–Crippen MR) is 147 cm³/mol. The molecule has 38 heavy (non-hydrogen) atoms. The molecule has 4 aromatic carbocycles. The molecular weight excluding hydrogens is 474 g/mol. The monoisotopic (exact) mass is 501 g/mol. The SMILES string of the molecule is Cc1cc(C)c2c(=O)c3c(oc2c1)C(=O)N(Cc1ccccc1)C3c1ccc(OCc2ccccc2)cc1.